The van der Waals surface area contributed by atoms with E-state index in [0.29, 0.717) is 36.0 Å². The number of aromatic nitrogens is 1. The molecule has 0 atom stereocenters. The van der Waals surface area contributed by atoms with Gasteiger partial charge in [-0.05, 0) is 47.5 Å². The summed E-state index contributed by atoms with van der Waals surface area (Å²) in [5.41, 5.74) is 3.18. The molecule has 0 aliphatic rings. The van der Waals surface area contributed by atoms with Gasteiger partial charge >= 0.3 is 0 Å². The summed E-state index contributed by atoms with van der Waals surface area (Å²) in [4.78, 5) is 16.5. The summed E-state index contributed by atoms with van der Waals surface area (Å²) in [7, 11) is 3.22. The van der Waals surface area contributed by atoms with Crippen molar-refractivity contribution in [2.45, 2.75) is 13.2 Å². The molecule has 3 rings (SSSR count). The molecule has 3 aromatic rings. The summed E-state index contributed by atoms with van der Waals surface area (Å²) in [6, 6.07) is 16.3. The van der Waals surface area contributed by atoms with Crippen molar-refractivity contribution in [1.82, 2.24) is 4.98 Å². The number of hydrogen-bond donors (Lipinski definition) is 1. The lowest BCUT2D eigenvalue weighted by molar-refractivity contribution is 0.102. The monoisotopic (exact) mass is 378 g/mol. The van der Waals surface area contributed by atoms with Gasteiger partial charge in [-0.15, -0.1) is 0 Å². The van der Waals surface area contributed by atoms with Gasteiger partial charge in [0.25, 0.3) is 5.91 Å². The Balaban J connectivity index is 1.70. The highest BCUT2D eigenvalue weighted by Crippen LogP contribution is 2.31. The van der Waals surface area contributed by atoms with Gasteiger partial charge in [-0.25, -0.2) is 0 Å². The van der Waals surface area contributed by atoms with Gasteiger partial charge in [0.2, 0.25) is 0 Å². The summed E-state index contributed by atoms with van der Waals surface area (Å²) < 4.78 is 16.3. The largest absolute Gasteiger partial charge is 0.493 e. The Kier molecular flexibility index (Phi) is 6.59. The number of hydrogen-bond acceptors (Lipinski definition) is 5. The quantitative estimate of drug-likeness (QED) is 0.640. The van der Waals surface area contributed by atoms with Crippen molar-refractivity contribution in [1.29, 1.82) is 0 Å². The molecular weight excluding hydrogens is 356 g/mol. The first-order valence-corrected chi connectivity index (χ1v) is 8.78. The second-order valence-electron chi connectivity index (χ2n) is 6.09. The Morgan fingerprint density at radius 3 is 2.29 bits per heavy atom. The van der Waals surface area contributed by atoms with Crippen molar-refractivity contribution in [3.63, 3.8) is 0 Å². The normalized spacial score (nSPS) is 10.4. The van der Waals surface area contributed by atoms with E-state index < -0.39 is 0 Å². The van der Waals surface area contributed by atoms with Crippen LogP contribution in [0.3, 0.4) is 0 Å². The van der Waals surface area contributed by atoms with E-state index >= 15 is 0 Å². The molecule has 0 saturated heterocycles. The van der Waals surface area contributed by atoms with E-state index in [1.807, 2.05) is 24.3 Å². The SMILES string of the molecule is COCc1ccc(C(=O)Nc2ccc(OC)c(OCc3ccncc3)c2)cc1. The van der Waals surface area contributed by atoms with Crippen molar-refractivity contribution >= 4 is 11.6 Å². The highest BCUT2D eigenvalue weighted by atomic mass is 16.5. The van der Waals surface area contributed by atoms with Crippen LogP contribution in [-0.4, -0.2) is 25.1 Å². The van der Waals surface area contributed by atoms with Crippen LogP contribution < -0.4 is 14.8 Å². The molecule has 1 N–H and O–H groups in total. The van der Waals surface area contributed by atoms with Crippen molar-refractivity contribution in [3.05, 3.63) is 83.7 Å². The lowest BCUT2D eigenvalue weighted by Gasteiger charge is -2.13. The van der Waals surface area contributed by atoms with Crippen LogP contribution in [0.25, 0.3) is 0 Å². The molecule has 0 spiro atoms. The number of pyridine rings is 1. The highest BCUT2D eigenvalue weighted by Gasteiger charge is 2.10. The Morgan fingerprint density at radius 2 is 1.61 bits per heavy atom. The number of amides is 1. The van der Waals surface area contributed by atoms with Crippen molar-refractivity contribution in [2.75, 3.05) is 19.5 Å². The van der Waals surface area contributed by atoms with Gasteiger partial charge in [0.15, 0.2) is 11.5 Å². The summed E-state index contributed by atoms with van der Waals surface area (Å²) >= 11 is 0. The molecule has 1 amide bonds. The predicted octanol–water partition coefficient (Wildman–Crippen LogP) is 4.07. The molecule has 0 aliphatic heterocycles. The number of ether oxygens (including phenoxy) is 3. The summed E-state index contributed by atoms with van der Waals surface area (Å²) in [5.74, 6) is 0.942. The van der Waals surface area contributed by atoms with Crippen LogP contribution in [0.1, 0.15) is 21.5 Å². The molecule has 0 aliphatic carbocycles. The fraction of sp³-hybridized carbons (Fsp3) is 0.182. The smallest absolute Gasteiger partial charge is 0.255 e. The average Bonchev–Trinajstić information content (AvgIpc) is 2.74. The molecule has 0 unspecified atom stereocenters. The number of methoxy groups -OCH3 is 2. The number of nitrogens with zero attached hydrogens (tertiary/aromatic N) is 1. The number of carbonyl (C=O) groups is 1. The van der Waals surface area contributed by atoms with Gasteiger partial charge in [0.1, 0.15) is 6.61 Å². The maximum Gasteiger partial charge on any atom is 0.255 e. The zero-order valence-electron chi connectivity index (χ0n) is 15.8. The third kappa shape index (κ3) is 5.08. The van der Waals surface area contributed by atoms with Gasteiger partial charge in [0, 0.05) is 36.8 Å². The molecular formula is C22H22N2O4. The standard InChI is InChI=1S/C22H22N2O4/c1-26-14-16-3-5-18(6-4-16)22(25)24-19-7-8-20(27-2)21(13-19)28-15-17-9-11-23-12-10-17/h3-13H,14-15H2,1-2H3,(H,24,25). The summed E-state index contributed by atoms with van der Waals surface area (Å²) in [6.45, 7) is 0.885. The van der Waals surface area contributed by atoms with E-state index in [-0.39, 0.29) is 5.91 Å². The third-order valence-corrected chi connectivity index (χ3v) is 4.09. The maximum absolute atomic E-state index is 12.5. The molecule has 6 heteroatoms. The number of nitrogens with one attached hydrogen (secondary N) is 1. The van der Waals surface area contributed by atoms with Gasteiger partial charge in [-0.2, -0.15) is 0 Å². The molecule has 28 heavy (non-hydrogen) atoms. The van der Waals surface area contributed by atoms with E-state index in [1.165, 1.54) is 0 Å². The summed E-state index contributed by atoms with van der Waals surface area (Å²) in [5, 5.41) is 2.88. The number of anilines is 1. The van der Waals surface area contributed by atoms with Crippen molar-refractivity contribution in [3.8, 4) is 11.5 Å². The fourth-order valence-corrected chi connectivity index (χ4v) is 2.63. The molecule has 0 bridgehead atoms. The first-order valence-electron chi connectivity index (χ1n) is 8.78. The Morgan fingerprint density at radius 1 is 0.893 bits per heavy atom. The van der Waals surface area contributed by atoms with Gasteiger partial charge < -0.3 is 19.5 Å². The maximum atomic E-state index is 12.5. The van der Waals surface area contributed by atoms with E-state index in [1.54, 1.807) is 56.9 Å². The fourth-order valence-electron chi connectivity index (χ4n) is 2.63. The minimum Gasteiger partial charge on any atom is -0.493 e. The topological polar surface area (TPSA) is 69.7 Å². The van der Waals surface area contributed by atoms with Gasteiger partial charge in [-0.3, -0.25) is 9.78 Å². The van der Waals surface area contributed by atoms with E-state index in [2.05, 4.69) is 10.3 Å². The predicted molar refractivity (Wildman–Crippen MR) is 107 cm³/mol. The lowest BCUT2D eigenvalue weighted by Crippen LogP contribution is -2.12. The van der Waals surface area contributed by atoms with Crippen LogP contribution in [0.2, 0.25) is 0 Å². The first-order chi connectivity index (χ1) is 13.7. The molecule has 0 radical (unpaired) electrons. The minimum atomic E-state index is -0.200. The minimum absolute atomic E-state index is 0.200. The number of carbonyl (C=O) groups excluding carboxylic acids is 1. The molecule has 2 aromatic carbocycles. The lowest BCUT2D eigenvalue weighted by atomic mass is 10.1. The highest BCUT2D eigenvalue weighted by molar-refractivity contribution is 6.04. The second kappa shape index (κ2) is 9.53. The number of benzene rings is 2. The van der Waals surface area contributed by atoms with Crippen LogP contribution in [-0.2, 0) is 18.0 Å². The molecule has 144 valence electrons. The number of rotatable bonds is 8. The molecule has 6 nitrogen and oxygen atoms in total. The van der Waals surface area contributed by atoms with Crippen LogP contribution in [0.4, 0.5) is 5.69 Å². The second-order valence-corrected chi connectivity index (χ2v) is 6.09. The van der Waals surface area contributed by atoms with E-state index in [9.17, 15) is 4.79 Å². The van der Waals surface area contributed by atoms with Crippen LogP contribution in [0.15, 0.2) is 67.0 Å². The zero-order valence-corrected chi connectivity index (χ0v) is 15.8. The van der Waals surface area contributed by atoms with Crippen LogP contribution >= 0.6 is 0 Å². The average molecular weight is 378 g/mol. The van der Waals surface area contributed by atoms with Crippen molar-refractivity contribution in [2.24, 2.45) is 0 Å². The van der Waals surface area contributed by atoms with Gasteiger partial charge in [0.05, 0.1) is 13.7 Å². The van der Waals surface area contributed by atoms with Gasteiger partial charge in [-0.1, -0.05) is 12.1 Å². The third-order valence-electron chi connectivity index (χ3n) is 4.09. The van der Waals surface area contributed by atoms with E-state index in [0.717, 1.165) is 11.1 Å². The summed E-state index contributed by atoms with van der Waals surface area (Å²) in [6.07, 6.45) is 3.43. The van der Waals surface area contributed by atoms with E-state index in [4.69, 9.17) is 14.2 Å². The van der Waals surface area contributed by atoms with Crippen LogP contribution in [0, 0.1) is 0 Å². The Bertz CT molecular complexity index is 912. The van der Waals surface area contributed by atoms with Crippen molar-refractivity contribution < 1.29 is 19.0 Å². The molecule has 1 aromatic heterocycles. The first kappa shape index (κ1) is 19.4. The molecule has 0 fully saturated rings. The zero-order chi connectivity index (χ0) is 19.8. The Hall–Kier alpha value is -3.38. The molecule has 0 saturated carbocycles. The molecule has 1 heterocycles. The van der Waals surface area contributed by atoms with Crippen LogP contribution in [0.5, 0.6) is 11.5 Å². The Labute approximate surface area is 164 Å².